The van der Waals surface area contributed by atoms with Gasteiger partial charge in [0, 0.05) is 17.7 Å². The summed E-state index contributed by atoms with van der Waals surface area (Å²) in [5, 5.41) is 20.3. The average Bonchev–Trinajstić information content (AvgIpc) is 3.72. The molecule has 1 saturated heterocycles. The van der Waals surface area contributed by atoms with E-state index in [1.807, 2.05) is 20.8 Å². The summed E-state index contributed by atoms with van der Waals surface area (Å²) in [6.07, 6.45) is 0.648. The lowest BCUT2D eigenvalue weighted by molar-refractivity contribution is -0.132. The van der Waals surface area contributed by atoms with Crippen LogP contribution in [-0.4, -0.2) is 46.3 Å². The topological polar surface area (TPSA) is 111 Å². The fraction of sp³-hybridized carbons (Fsp3) is 0.273. The summed E-state index contributed by atoms with van der Waals surface area (Å²) in [6, 6.07) is 15.8. The van der Waals surface area contributed by atoms with E-state index < -0.39 is 17.7 Å². The van der Waals surface area contributed by atoms with E-state index >= 15 is 0 Å². The molecule has 12 heteroatoms. The van der Waals surface area contributed by atoms with E-state index in [1.165, 1.54) is 22.7 Å². The minimum absolute atomic E-state index is 0.00771. The normalized spacial score (nSPS) is 18.6. The Labute approximate surface area is 267 Å². The summed E-state index contributed by atoms with van der Waals surface area (Å²) in [5.41, 5.74) is 2.22. The molecule has 4 aromatic rings. The number of carbonyl (C=O) groups is 2. The van der Waals surface area contributed by atoms with Crippen molar-refractivity contribution in [3.63, 3.8) is 0 Å². The van der Waals surface area contributed by atoms with Gasteiger partial charge in [0.2, 0.25) is 5.13 Å². The quantitative estimate of drug-likeness (QED) is 0.0660. The number of nitrogens with zero attached hydrogens (tertiary/aromatic N) is 3. The van der Waals surface area contributed by atoms with Gasteiger partial charge in [-0.25, -0.2) is 4.39 Å². The Balaban J connectivity index is 1.43. The van der Waals surface area contributed by atoms with Crippen molar-refractivity contribution in [2.45, 2.75) is 49.4 Å². The number of benzene rings is 3. The number of amides is 1. The van der Waals surface area contributed by atoms with E-state index in [9.17, 15) is 19.1 Å². The molecule has 0 aliphatic carbocycles. The highest BCUT2D eigenvalue weighted by atomic mass is 32.2. The average molecular weight is 648 g/mol. The van der Waals surface area contributed by atoms with Crippen LogP contribution in [0.1, 0.15) is 49.1 Å². The van der Waals surface area contributed by atoms with Gasteiger partial charge in [0.1, 0.15) is 23.4 Å². The molecule has 6 rings (SSSR count). The summed E-state index contributed by atoms with van der Waals surface area (Å²) < 4.78 is 32.1. The van der Waals surface area contributed by atoms with Gasteiger partial charge in [-0.1, -0.05) is 47.4 Å². The third-order valence-corrected chi connectivity index (χ3v) is 9.51. The second kappa shape index (κ2) is 12.9. The molecule has 3 heterocycles. The molecule has 2 aliphatic heterocycles. The van der Waals surface area contributed by atoms with Crippen LogP contribution in [0.2, 0.25) is 0 Å². The summed E-state index contributed by atoms with van der Waals surface area (Å²) in [6.45, 7) is 6.43. The lowest BCUT2D eigenvalue weighted by Crippen LogP contribution is -2.29. The van der Waals surface area contributed by atoms with Crippen LogP contribution < -0.4 is 19.1 Å². The van der Waals surface area contributed by atoms with Crippen LogP contribution in [0.15, 0.2) is 70.6 Å². The van der Waals surface area contributed by atoms with Crippen LogP contribution >= 0.6 is 23.1 Å². The molecule has 2 atom stereocenters. The molecule has 2 aliphatic rings. The van der Waals surface area contributed by atoms with Crippen LogP contribution in [0, 0.1) is 5.82 Å². The molecule has 1 amide bonds. The molecule has 232 valence electrons. The standard InChI is InChI=1S/C33H30FN3O6S2/c1-4-41-25-13-10-19(16-26(25)42-5-2)28-27(29(38)20-11-12-24-22(15-20)14-18(3)43-24)30(39)31(40)37(28)32-35-36-33(45-32)44-17-21-8-6-7-9-23(21)34/h6-13,15-16,18,28,38H,4-5,14,17H2,1-3H3. The molecule has 0 bridgehead atoms. The molecule has 0 saturated carbocycles. The van der Waals surface area contributed by atoms with Gasteiger partial charge in [-0.2, -0.15) is 0 Å². The predicted molar refractivity (Wildman–Crippen MR) is 170 cm³/mol. The molecule has 45 heavy (non-hydrogen) atoms. The number of fused-ring (bicyclic) bond motifs is 1. The minimum atomic E-state index is -1.04. The maximum Gasteiger partial charge on any atom is 0.301 e. The smallest absolute Gasteiger partial charge is 0.301 e. The zero-order valence-corrected chi connectivity index (χ0v) is 26.4. The highest BCUT2D eigenvalue weighted by molar-refractivity contribution is 8.00. The van der Waals surface area contributed by atoms with Gasteiger partial charge >= 0.3 is 5.91 Å². The number of aliphatic hydroxyl groups is 1. The van der Waals surface area contributed by atoms with Crippen LogP contribution in [0.5, 0.6) is 17.2 Å². The highest BCUT2D eigenvalue weighted by Gasteiger charge is 2.48. The summed E-state index contributed by atoms with van der Waals surface area (Å²) in [7, 11) is 0. The number of ketones is 1. The first-order chi connectivity index (χ1) is 21.8. The summed E-state index contributed by atoms with van der Waals surface area (Å²) in [5.74, 6) is -0.375. The predicted octanol–water partition coefficient (Wildman–Crippen LogP) is 6.72. The minimum Gasteiger partial charge on any atom is -0.507 e. The van der Waals surface area contributed by atoms with E-state index in [-0.39, 0.29) is 28.4 Å². The first kappa shape index (κ1) is 30.6. The van der Waals surface area contributed by atoms with Crippen molar-refractivity contribution in [3.8, 4) is 17.2 Å². The first-order valence-electron chi connectivity index (χ1n) is 14.5. The highest BCUT2D eigenvalue weighted by Crippen LogP contribution is 2.46. The first-order valence-corrected chi connectivity index (χ1v) is 16.3. The van der Waals surface area contributed by atoms with Crippen molar-refractivity contribution in [2.75, 3.05) is 18.1 Å². The number of carbonyl (C=O) groups excluding carboxylic acids is 2. The molecule has 2 unspecified atom stereocenters. The van der Waals surface area contributed by atoms with Crippen molar-refractivity contribution in [1.29, 1.82) is 0 Å². The molecule has 0 radical (unpaired) electrons. The molecule has 1 aromatic heterocycles. The van der Waals surface area contributed by atoms with E-state index in [0.717, 1.165) is 22.6 Å². The monoisotopic (exact) mass is 647 g/mol. The van der Waals surface area contributed by atoms with E-state index in [2.05, 4.69) is 10.2 Å². The Morgan fingerprint density at radius 2 is 1.84 bits per heavy atom. The SMILES string of the molecule is CCOc1ccc(C2C(=C(O)c3ccc4c(c3)CC(C)O4)C(=O)C(=O)N2c2nnc(SCc3ccccc3F)s2)cc1OCC. The van der Waals surface area contributed by atoms with Gasteiger partial charge < -0.3 is 19.3 Å². The van der Waals surface area contributed by atoms with Crippen LogP contribution in [0.4, 0.5) is 9.52 Å². The van der Waals surface area contributed by atoms with Gasteiger partial charge in [-0.05, 0) is 73.9 Å². The van der Waals surface area contributed by atoms with Crippen molar-refractivity contribution < 1.29 is 33.3 Å². The molecule has 3 aromatic carbocycles. The molecular weight excluding hydrogens is 618 g/mol. The van der Waals surface area contributed by atoms with Gasteiger partial charge in [0.05, 0.1) is 24.8 Å². The third kappa shape index (κ3) is 5.99. The maximum absolute atomic E-state index is 14.2. The Morgan fingerprint density at radius 1 is 1.07 bits per heavy atom. The zero-order chi connectivity index (χ0) is 31.7. The molecular formula is C33H30FN3O6S2. The number of hydrogen-bond donors (Lipinski definition) is 1. The van der Waals surface area contributed by atoms with Crippen LogP contribution in [-0.2, 0) is 21.8 Å². The van der Waals surface area contributed by atoms with Gasteiger partial charge in [-0.3, -0.25) is 14.5 Å². The number of anilines is 1. The Morgan fingerprint density at radius 3 is 2.62 bits per heavy atom. The van der Waals surface area contributed by atoms with Crippen molar-refractivity contribution in [1.82, 2.24) is 10.2 Å². The van der Waals surface area contributed by atoms with Gasteiger partial charge in [0.25, 0.3) is 5.78 Å². The van der Waals surface area contributed by atoms with E-state index in [4.69, 9.17) is 14.2 Å². The van der Waals surface area contributed by atoms with Gasteiger partial charge in [0.15, 0.2) is 15.8 Å². The summed E-state index contributed by atoms with van der Waals surface area (Å²) in [4.78, 5) is 28.7. The van der Waals surface area contributed by atoms with E-state index in [1.54, 1.807) is 54.6 Å². The van der Waals surface area contributed by atoms with Crippen LogP contribution in [0.3, 0.4) is 0 Å². The Hall–Kier alpha value is -4.42. The molecule has 1 N–H and O–H groups in total. The fourth-order valence-corrected chi connectivity index (χ4v) is 7.27. The van der Waals surface area contributed by atoms with Crippen molar-refractivity contribution in [3.05, 3.63) is 94.3 Å². The van der Waals surface area contributed by atoms with Crippen LogP contribution in [0.25, 0.3) is 5.76 Å². The number of aromatic nitrogens is 2. The Kier molecular flexibility index (Phi) is 8.77. The molecule has 9 nitrogen and oxygen atoms in total. The second-order valence-corrected chi connectivity index (χ2v) is 12.6. The molecule has 0 spiro atoms. The lowest BCUT2D eigenvalue weighted by atomic mass is 9.94. The number of ether oxygens (including phenoxy) is 3. The Bertz CT molecular complexity index is 1810. The number of rotatable bonds is 10. The van der Waals surface area contributed by atoms with Gasteiger partial charge in [-0.15, -0.1) is 10.2 Å². The second-order valence-electron chi connectivity index (χ2n) is 10.4. The number of thioether (sulfide) groups is 1. The zero-order valence-electron chi connectivity index (χ0n) is 24.8. The van der Waals surface area contributed by atoms with E-state index in [0.29, 0.717) is 57.9 Å². The third-order valence-electron chi connectivity index (χ3n) is 7.41. The van der Waals surface area contributed by atoms with Crippen molar-refractivity contribution in [2.24, 2.45) is 0 Å². The largest absolute Gasteiger partial charge is 0.507 e. The van der Waals surface area contributed by atoms with Crippen molar-refractivity contribution >= 4 is 45.7 Å². The number of aliphatic hydroxyl groups excluding tert-OH is 1. The summed E-state index contributed by atoms with van der Waals surface area (Å²) >= 11 is 2.38. The number of hydrogen-bond acceptors (Lipinski definition) is 10. The maximum atomic E-state index is 14.2. The lowest BCUT2D eigenvalue weighted by Gasteiger charge is -2.23. The fourth-order valence-electron chi connectivity index (χ4n) is 5.42. The number of Topliss-reactive ketones (excluding diaryl/α,β-unsaturated/α-hetero) is 1. The number of halogens is 1. The molecule has 1 fully saturated rings.